The van der Waals surface area contributed by atoms with Crippen LogP contribution >= 0.6 is 12.6 Å². The fourth-order valence-electron chi connectivity index (χ4n) is 4.64. The molecule has 3 amide bonds. The topological polar surface area (TPSA) is 108 Å². The molecule has 0 aromatic heterocycles. The number of amides is 3. The Bertz CT molecular complexity index is 1140. The van der Waals surface area contributed by atoms with Crippen LogP contribution in [0.3, 0.4) is 0 Å². The third-order valence-electron chi connectivity index (χ3n) is 6.68. The van der Waals surface area contributed by atoms with E-state index < -0.39 is 35.6 Å². The average molecular weight is 586 g/mol. The van der Waals surface area contributed by atoms with Gasteiger partial charge < -0.3 is 25.4 Å². The highest BCUT2D eigenvalue weighted by Crippen LogP contribution is 2.29. The normalized spacial score (nSPS) is 12.8. The summed E-state index contributed by atoms with van der Waals surface area (Å²) in [6, 6.07) is 10.0. The Morgan fingerprint density at radius 1 is 0.976 bits per heavy atom. The van der Waals surface area contributed by atoms with Gasteiger partial charge in [0, 0.05) is 18.0 Å². The van der Waals surface area contributed by atoms with E-state index in [0.29, 0.717) is 17.7 Å². The Labute approximate surface area is 250 Å². The third kappa shape index (κ3) is 10.9. The van der Waals surface area contributed by atoms with Crippen molar-refractivity contribution < 1.29 is 24.2 Å². The van der Waals surface area contributed by atoms with Crippen LogP contribution < -0.4 is 10.6 Å². The number of carbonyl (C=O) groups excluding carboxylic acids is 3. The molecular formula is C32H47N3O5S. The van der Waals surface area contributed by atoms with Crippen molar-refractivity contribution in [2.24, 2.45) is 0 Å². The minimum absolute atomic E-state index is 0.0103. The fourth-order valence-corrected chi connectivity index (χ4v) is 4.88. The molecular weight excluding hydrogens is 538 g/mol. The number of ether oxygens (including phenoxy) is 1. The van der Waals surface area contributed by atoms with Crippen LogP contribution in [0.4, 0.5) is 10.5 Å². The van der Waals surface area contributed by atoms with E-state index in [-0.39, 0.29) is 18.0 Å². The summed E-state index contributed by atoms with van der Waals surface area (Å²) in [7, 11) is 0. The van der Waals surface area contributed by atoms with Crippen LogP contribution in [0.5, 0.6) is 5.75 Å². The predicted molar refractivity (Wildman–Crippen MR) is 167 cm³/mol. The molecule has 8 nitrogen and oxygen atoms in total. The van der Waals surface area contributed by atoms with Crippen LogP contribution in [0.25, 0.3) is 0 Å². The molecule has 0 aliphatic rings. The minimum atomic E-state index is -1.06. The molecule has 2 atom stereocenters. The summed E-state index contributed by atoms with van der Waals surface area (Å²) >= 11 is 4.36. The van der Waals surface area contributed by atoms with Crippen molar-refractivity contribution in [1.29, 1.82) is 0 Å². The van der Waals surface area contributed by atoms with Crippen LogP contribution in [0.2, 0.25) is 0 Å². The molecule has 0 spiro atoms. The van der Waals surface area contributed by atoms with Crippen molar-refractivity contribution in [1.82, 2.24) is 10.2 Å². The van der Waals surface area contributed by atoms with Gasteiger partial charge in [-0.05, 0) is 69.9 Å². The smallest absolute Gasteiger partial charge is 0.408 e. The number of hydrogen-bond acceptors (Lipinski definition) is 6. The van der Waals surface area contributed by atoms with Gasteiger partial charge in [0.05, 0.1) is 0 Å². The van der Waals surface area contributed by atoms with E-state index in [2.05, 4.69) is 30.2 Å². The molecule has 0 radical (unpaired) electrons. The van der Waals surface area contributed by atoms with Crippen molar-refractivity contribution in [3.63, 3.8) is 0 Å². The van der Waals surface area contributed by atoms with E-state index in [1.54, 1.807) is 32.9 Å². The highest BCUT2D eigenvalue weighted by atomic mass is 32.1. The molecule has 0 saturated heterocycles. The largest absolute Gasteiger partial charge is 0.508 e. The lowest BCUT2D eigenvalue weighted by atomic mass is 10.0. The Kier molecular flexibility index (Phi) is 13.5. The van der Waals surface area contributed by atoms with Crippen molar-refractivity contribution in [2.45, 2.75) is 97.8 Å². The summed E-state index contributed by atoms with van der Waals surface area (Å²) in [5, 5.41) is 16.0. The Hall–Kier alpha value is -3.20. The quantitative estimate of drug-likeness (QED) is 0.146. The number of carbonyl (C=O) groups is 3. The van der Waals surface area contributed by atoms with Gasteiger partial charge in [-0.15, -0.1) is 0 Å². The molecule has 0 aliphatic heterocycles. The van der Waals surface area contributed by atoms with Crippen LogP contribution in [-0.4, -0.2) is 51.9 Å². The number of rotatable bonds is 14. The maximum Gasteiger partial charge on any atom is 0.408 e. The molecule has 2 aromatic rings. The number of benzene rings is 2. The lowest BCUT2D eigenvalue weighted by Gasteiger charge is -2.34. The first kappa shape index (κ1) is 34.0. The van der Waals surface area contributed by atoms with Gasteiger partial charge >= 0.3 is 6.09 Å². The van der Waals surface area contributed by atoms with Crippen molar-refractivity contribution in [2.75, 3.05) is 17.6 Å². The van der Waals surface area contributed by atoms with Gasteiger partial charge in [0.25, 0.3) is 5.91 Å². The van der Waals surface area contributed by atoms with Gasteiger partial charge in [-0.3, -0.25) is 9.59 Å². The van der Waals surface area contributed by atoms with Crippen LogP contribution in [0, 0.1) is 13.8 Å². The minimum Gasteiger partial charge on any atom is -0.508 e. The zero-order valence-corrected chi connectivity index (χ0v) is 26.2. The first-order valence-corrected chi connectivity index (χ1v) is 15.1. The molecule has 0 heterocycles. The Morgan fingerprint density at radius 3 is 2.17 bits per heavy atom. The number of nitrogens with zero attached hydrogens (tertiary/aromatic N) is 1. The van der Waals surface area contributed by atoms with Crippen LogP contribution in [0.15, 0.2) is 42.5 Å². The molecule has 0 fully saturated rings. The van der Waals surface area contributed by atoms with Gasteiger partial charge in [0.15, 0.2) is 0 Å². The fraction of sp³-hybridized carbons (Fsp3) is 0.531. The second-order valence-electron chi connectivity index (χ2n) is 11.4. The number of anilines is 1. The first-order chi connectivity index (χ1) is 19.4. The molecule has 226 valence electrons. The van der Waals surface area contributed by atoms with Gasteiger partial charge in [-0.25, -0.2) is 4.79 Å². The van der Waals surface area contributed by atoms with E-state index in [4.69, 9.17) is 4.74 Å². The summed E-state index contributed by atoms with van der Waals surface area (Å²) in [5.74, 6) is -0.875. The highest BCUT2D eigenvalue weighted by molar-refractivity contribution is 7.80. The van der Waals surface area contributed by atoms with E-state index in [1.807, 2.05) is 32.0 Å². The molecule has 0 saturated carbocycles. The second kappa shape index (κ2) is 16.3. The number of nitrogens with one attached hydrogen (secondary N) is 2. The summed E-state index contributed by atoms with van der Waals surface area (Å²) in [6.45, 7) is 11.5. The van der Waals surface area contributed by atoms with Gasteiger partial charge in [-0.2, -0.15) is 12.6 Å². The lowest BCUT2D eigenvalue weighted by Crippen LogP contribution is -2.53. The number of para-hydroxylation sites is 1. The van der Waals surface area contributed by atoms with E-state index >= 15 is 0 Å². The highest BCUT2D eigenvalue weighted by Gasteiger charge is 2.36. The molecule has 9 heteroatoms. The van der Waals surface area contributed by atoms with Crippen molar-refractivity contribution in [3.05, 3.63) is 59.2 Å². The van der Waals surface area contributed by atoms with Crippen LogP contribution in [-0.2, 0) is 14.3 Å². The number of thiol groups is 1. The molecule has 3 N–H and O–H groups in total. The number of phenolic OH excluding ortho intramolecular Hbond substituents is 1. The SMILES string of the molecule is CCCCCCCCN(C(=O)C(CS)NC(=O)OC(C)(C)C)C(C(=O)Nc1c(C)cccc1C)c1cccc(O)c1. The lowest BCUT2D eigenvalue weighted by molar-refractivity contribution is -0.140. The van der Waals surface area contributed by atoms with E-state index in [9.17, 15) is 19.5 Å². The Morgan fingerprint density at radius 2 is 1.59 bits per heavy atom. The summed E-state index contributed by atoms with van der Waals surface area (Å²) < 4.78 is 5.38. The number of aryl methyl sites for hydroxylation is 2. The van der Waals surface area contributed by atoms with Gasteiger partial charge in [0.1, 0.15) is 23.4 Å². The van der Waals surface area contributed by atoms with Crippen molar-refractivity contribution in [3.8, 4) is 5.75 Å². The molecule has 2 unspecified atom stereocenters. The summed E-state index contributed by atoms with van der Waals surface area (Å²) in [6.07, 6.45) is 5.23. The molecule has 0 aliphatic carbocycles. The number of alkyl carbamates (subject to hydrolysis) is 1. The number of unbranched alkanes of at least 4 members (excludes halogenated alkanes) is 5. The van der Waals surface area contributed by atoms with Crippen molar-refractivity contribution >= 4 is 36.2 Å². The summed E-state index contributed by atoms with van der Waals surface area (Å²) in [4.78, 5) is 42.2. The zero-order chi connectivity index (χ0) is 30.6. The Balaban J connectivity index is 2.49. The van der Waals surface area contributed by atoms with E-state index in [1.165, 1.54) is 17.0 Å². The van der Waals surface area contributed by atoms with Crippen LogP contribution in [0.1, 0.15) is 89.0 Å². The standard InChI is InChI=1S/C32H47N3O5S/c1-7-8-9-10-11-12-19-35(30(38)26(21-41)33-31(39)40-32(4,5)6)28(24-17-14-18-25(36)20-24)29(37)34-27-22(2)15-13-16-23(27)3/h13-18,20,26,28,36,41H,7-12,19,21H2,1-6H3,(H,33,39)(H,34,37). The molecule has 0 bridgehead atoms. The number of phenols is 1. The molecule has 2 aromatic carbocycles. The number of aromatic hydroxyl groups is 1. The second-order valence-corrected chi connectivity index (χ2v) is 11.8. The third-order valence-corrected chi connectivity index (χ3v) is 7.05. The zero-order valence-electron chi connectivity index (χ0n) is 25.3. The molecule has 41 heavy (non-hydrogen) atoms. The van der Waals surface area contributed by atoms with E-state index in [0.717, 1.165) is 43.2 Å². The predicted octanol–water partition coefficient (Wildman–Crippen LogP) is 6.70. The maximum atomic E-state index is 14.1. The monoisotopic (exact) mass is 585 g/mol. The van der Waals surface area contributed by atoms with Gasteiger partial charge in [-0.1, -0.05) is 69.4 Å². The van der Waals surface area contributed by atoms with Gasteiger partial charge in [0.2, 0.25) is 5.91 Å². The average Bonchev–Trinajstić information content (AvgIpc) is 2.89. The number of hydrogen-bond donors (Lipinski definition) is 4. The summed E-state index contributed by atoms with van der Waals surface area (Å²) in [5.41, 5.74) is 2.17. The maximum absolute atomic E-state index is 14.1. The first-order valence-electron chi connectivity index (χ1n) is 14.4. The molecule has 2 rings (SSSR count).